The normalized spacial score (nSPS) is 14.7. The maximum Gasteiger partial charge on any atom is 0.252 e. The third kappa shape index (κ3) is 2.22. The highest BCUT2D eigenvalue weighted by atomic mass is 16.5. The van der Waals surface area contributed by atoms with Crippen molar-refractivity contribution in [3.63, 3.8) is 0 Å². The van der Waals surface area contributed by atoms with Gasteiger partial charge in [0, 0.05) is 38.4 Å². The molecular formula is C42H21B2N3O. The molecule has 2 aromatic heterocycles. The Hall–Kier alpha value is -6.13. The summed E-state index contributed by atoms with van der Waals surface area (Å²) in [5.74, 6) is 1.87. The molecule has 216 valence electrons. The molecule has 0 spiro atoms. The Bertz CT molecular complexity index is 3080. The van der Waals surface area contributed by atoms with E-state index in [0.29, 0.717) is 0 Å². The van der Waals surface area contributed by atoms with Crippen LogP contribution in [0.5, 0.6) is 11.5 Å². The first-order chi connectivity index (χ1) is 23.9. The first-order valence-electron chi connectivity index (χ1n) is 16.9. The minimum atomic E-state index is 0.0673. The van der Waals surface area contributed by atoms with Gasteiger partial charge in [0.15, 0.2) is 11.5 Å². The van der Waals surface area contributed by atoms with E-state index in [4.69, 9.17) is 4.74 Å². The molecule has 0 amide bonds. The number of aromatic nitrogens is 2. The zero-order chi connectivity index (χ0) is 30.6. The summed E-state index contributed by atoms with van der Waals surface area (Å²) in [6.45, 7) is 0.152. The molecule has 0 radical (unpaired) electrons. The highest BCUT2D eigenvalue weighted by Crippen LogP contribution is 2.54. The Balaban J connectivity index is 1.35. The van der Waals surface area contributed by atoms with Crippen LogP contribution >= 0.6 is 0 Å². The zero-order valence-corrected chi connectivity index (χ0v) is 25.5. The molecule has 7 heterocycles. The zero-order valence-electron chi connectivity index (χ0n) is 25.5. The van der Waals surface area contributed by atoms with E-state index in [2.05, 4.69) is 141 Å². The van der Waals surface area contributed by atoms with Crippen LogP contribution in [0.3, 0.4) is 0 Å². The number of hydrogen-bond acceptors (Lipinski definition) is 2. The van der Waals surface area contributed by atoms with Gasteiger partial charge in [0.2, 0.25) is 0 Å². The lowest BCUT2D eigenvalue weighted by Gasteiger charge is -2.49. The summed E-state index contributed by atoms with van der Waals surface area (Å²) in [5.41, 5.74) is 19.7. The van der Waals surface area contributed by atoms with Gasteiger partial charge in [-0.15, -0.1) is 0 Å². The molecule has 9 aromatic rings. The first-order valence-corrected chi connectivity index (χ1v) is 16.9. The van der Waals surface area contributed by atoms with E-state index >= 15 is 0 Å². The van der Waals surface area contributed by atoms with E-state index in [-0.39, 0.29) is 13.4 Å². The molecule has 0 atom stereocenters. The molecule has 0 aliphatic carbocycles. The maximum absolute atomic E-state index is 6.86. The second-order valence-electron chi connectivity index (χ2n) is 13.9. The van der Waals surface area contributed by atoms with Gasteiger partial charge < -0.3 is 18.8 Å². The summed E-state index contributed by atoms with van der Waals surface area (Å²) in [6, 6.07) is 47.5. The van der Waals surface area contributed by atoms with Gasteiger partial charge in [0.05, 0.1) is 33.6 Å². The van der Waals surface area contributed by atoms with Crippen LogP contribution in [0.15, 0.2) is 127 Å². The van der Waals surface area contributed by atoms with Gasteiger partial charge in [-0.2, -0.15) is 0 Å². The first kappa shape index (κ1) is 23.2. The predicted molar refractivity (Wildman–Crippen MR) is 199 cm³/mol. The van der Waals surface area contributed by atoms with Crippen molar-refractivity contribution in [3.8, 4) is 22.9 Å². The number of para-hydroxylation sites is 6. The lowest BCUT2D eigenvalue weighted by Crippen LogP contribution is -2.68. The van der Waals surface area contributed by atoms with Crippen molar-refractivity contribution in [2.45, 2.75) is 0 Å². The van der Waals surface area contributed by atoms with Gasteiger partial charge in [0.25, 0.3) is 13.4 Å². The largest absolute Gasteiger partial charge is 0.453 e. The number of rotatable bonds is 0. The van der Waals surface area contributed by atoms with Crippen molar-refractivity contribution in [1.29, 1.82) is 0 Å². The molecule has 0 saturated carbocycles. The SMILES string of the molecule is c1ccc2c(c1)B1c3cccc4c3N3c5c(cccc5B5c6c3c1c1c(c6-n3c6ccccc6c6cccc5c63)c3ccccc3n1-2)O4. The van der Waals surface area contributed by atoms with Crippen molar-refractivity contribution >= 4 is 107 Å². The highest BCUT2D eigenvalue weighted by molar-refractivity contribution is 7.05. The molecule has 0 fully saturated rings. The van der Waals surface area contributed by atoms with Crippen LogP contribution in [0.1, 0.15) is 0 Å². The van der Waals surface area contributed by atoms with Gasteiger partial charge in [-0.05, 0) is 63.1 Å². The van der Waals surface area contributed by atoms with E-state index in [1.165, 1.54) is 105 Å². The average molecular weight is 605 g/mol. The quantitative estimate of drug-likeness (QED) is 0.206. The van der Waals surface area contributed by atoms with Crippen LogP contribution in [0.2, 0.25) is 0 Å². The Morgan fingerprint density at radius 1 is 0.417 bits per heavy atom. The van der Waals surface area contributed by atoms with Crippen LogP contribution in [-0.4, -0.2) is 22.6 Å². The van der Waals surface area contributed by atoms with Crippen molar-refractivity contribution in [2.24, 2.45) is 0 Å². The minimum absolute atomic E-state index is 0.0673. The fourth-order valence-electron chi connectivity index (χ4n) is 10.6. The number of benzene rings is 7. The van der Waals surface area contributed by atoms with E-state index in [1.54, 1.807) is 0 Å². The second kappa shape index (κ2) is 7.37. The number of ether oxygens (including phenoxy) is 1. The third-order valence-corrected chi connectivity index (χ3v) is 12.0. The van der Waals surface area contributed by atoms with E-state index in [1.807, 2.05) is 0 Å². The van der Waals surface area contributed by atoms with Crippen LogP contribution in [0.4, 0.5) is 17.1 Å². The number of fused-ring (bicyclic) bond motifs is 14. The lowest BCUT2D eigenvalue weighted by molar-refractivity contribution is 0.478. The lowest BCUT2D eigenvalue weighted by atomic mass is 9.29. The minimum Gasteiger partial charge on any atom is -0.453 e. The Morgan fingerprint density at radius 3 is 1.83 bits per heavy atom. The second-order valence-corrected chi connectivity index (χ2v) is 13.9. The maximum atomic E-state index is 6.86. The molecule has 5 aliphatic heterocycles. The molecule has 0 unspecified atom stereocenters. The van der Waals surface area contributed by atoms with E-state index in [9.17, 15) is 0 Å². The molecule has 0 bridgehead atoms. The fraction of sp³-hybridized carbons (Fsp3) is 0. The molecule has 5 aliphatic rings. The number of hydrogen-bond donors (Lipinski definition) is 0. The van der Waals surface area contributed by atoms with Crippen LogP contribution in [-0.2, 0) is 0 Å². The summed E-state index contributed by atoms with van der Waals surface area (Å²) >= 11 is 0. The van der Waals surface area contributed by atoms with Gasteiger partial charge in [0.1, 0.15) is 0 Å². The summed E-state index contributed by atoms with van der Waals surface area (Å²) in [5, 5.41) is 5.28. The summed E-state index contributed by atoms with van der Waals surface area (Å²) in [4.78, 5) is 2.60. The van der Waals surface area contributed by atoms with E-state index in [0.717, 1.165) is 11.5 Å². The van der Waals surface area contributed by atoms with Gasteiger partial charge >= 0.3 is 0 Å². The summed E-state index contributed by atoms with van der Waals surface area (Å²) in [7, 11) is 0. The smallest absolute Gasteiger partial charge is 0.252 e. The number of nitrogens with zero attached hydrogens (tertiary/aromatic N) is 3. The topological polar surface area (TPSA) is 22.3 Å². The van der Waals surface area contributed by atoms with Crippen LogP contribution < -0.4 is 42.4 Å². The van der Waals surface area contributed by atoms with E-state index < -0.39 is 0 Å². The molecule has 6 heteroatoms. The Kier molecular flexibility index (Phi) is 3.57. The molecule has 7 aromatic carbocycles. The van der Waals surface area contributed by atoms with Gasteiger partial charge in [-0.1, -0.05) is 97.1 Å². The molecule has 48 heavy (non-hydrogen) atoms. The molecule has 14 rings (SSSR count). The predicted octanol–water partition coefficient (Wildman–Crippen LogP) is 5.74. The monoisotopic (exact) mass is 605 g/mol. The Labute approximate surface area is 275 Å². The fourth-order valence-corrected chi connectivity index (χ4v) is 10.6. The number of anilines is 3. The van der Waals surface area contributed by atoms with Crippen molar-refractivity contribution in [3.05, 3.63) is 127 Å². The van der Waals surface area contributed by atoms with Crippen LogP contribution in [0, 0.1) is 0 Å². The summed E-state index contributed by atoms with van der Waals surface area (Å²) in [6.07, 6.45) is 0. The molecule has 4 nitrogen and oxygen atoms in total. The van der Waals surface area contributed by atoms with Gasteiger partial charge in [-0.3, -0.25) is 0 Å². The average Bonchev–Trinajstić information content (AvgIpc) is 3.67. The van der Waals surface area contributed by atoms with Crippen molar-refractivity contribution < 1.29 is 4.74 Å². The van der Waals surface area contributed by atoms with Crippen LogP contribution in [0.25, 0.3) is 55.0 Å². The van der Waals surface area contributed by atoms with Crippen molar-refractivity contribution in [2.75, 3.05) is 4.90 Å². The van der Waals surface area contributed by atoms with Gasteiger partial charge in [-0.25, -0.2) is 0 Å². The molecule has 0 saturated heterocycles. The standard InChI is InChI=1S/C42H21B2N3O/c1-4-17-29-22(10-1)23-12-7-14-26-37(23)46(29)41-34-24-11-2-5-18-30(24)45-31-19-6-3-13-25(31)43-27-15-8-20-32-38(27)47-39-28(16-9-21-33(39)48-32)44(26)36(41)42(47)35(43)40(34)45/h1-21H. The highest BCUT2D eigenvalue weighted by Gasteiger charge is 2.53. The van der Waals surface area contributed by atoms with Crippen molar-refractivity contribution in [1.82, 2.24) is 9.13 Å². The Morgan fingerprint density at radius 2 is 1.02 bits per heavy atom. The summed E-state index contributed by atoms with van der Waals surface area (Å²) < 4.78 is 12.1. The molecule has 0 N–H and O–H groups in total. The molecular weight excluding hydrogens is 584 g/mol. The third-order valence-electron chi connectivity index (χ3n) is 12.0.